The minimum absolute atomic E-state index is 0.0300. The van der Waals surface area contributed by atoms with Crippen molar-refractivity contribution in [1.29, 1.82) is 0 Å². The first-order valence-electron chi connectivity index (χ1n) is 8.51. The lowest BCUT2D eigenvalue weighted by molar-refractivity contribution is 0.0953. The summed E-state index contributed by atoms with van der Waals surface area (Å²) in [4.78, 5) is 11.8. The highest BCUT2D eigenvalue weighted by Gasteiger charge is 2.10. The van der Waals surface area contributed by atoms with Crippen molar-refractivity contribution in [3.8, 4) is 0 Å². The van der Waals surface area contributed by atoms with Gasteiger partial charge in [-0.05, 0) is 38.0 Å². The minimum Gasteiger partial charge on any atom is -0.352 e. The van der Waals surface area contributed by atoms with E-state index in [1.165, 1.54) is 6.42 Å². The Kier molecular flexibility index (Phi) is 8.55. The van der Waals surface area contributed by atoms with Crippen molar-refractivity contribution in [1.82, 2.24) is 15.1 Å². The Hall–Kier alpha value is -1.81. The number of benzene rings is 1. The van der Waals surface area contributed by atoms with Crippen molar-refractivity contribution < 1.29 is 4.79 Å². The Morgan fingerprint density at radius 3 is 2.21 bits per heavy atom. The van der Waals surface area contributed by atoms with Crippen LogP contribution in [0.2, 0.25) is 5.02 Å². The Labute approximate surface area is 150 Å². The van der Waals surface area contributed by atoms with Gasteiger partial charge in [0.2, 0.25) is 0 Å². The number of hydrogen-bond acceptors (Lipinski definition) is 2. The van der Waals surface area contributed by atoms with Gasteiger partial charge < -0.3 is 5.32 Å². The molecule has 0 aliphatic heterocycles. The Balaban J connectivity index is 0.000000891. The first-order valence-corrected chi connectivity index (χ1v) is 8.88. The number of rotatable bonds is 5. The van der Waals surface area contributed by atoms with Gasteiger partial charge in [-0.2, -0.15) is 5.10 Å². The normalized spacial score (nSPS) is 10.1. The molecule has 0 bridgehead atoms. The Morgan fingerprint density at radius 1 is 1.17 bits per heavy atom. The zero-order valence-electron chi connectivity index (χ0n) is 15.3. The van der Waals surface area contributed by atoms with Crippen molar-refractivity contribution in [2.45, 2.75) is 54.0 Å². The van der Waals surface area contributed by atoms with E-state index in [-0.39, 0.29) is 5.91 Å². The lowest BCUT2D eigenvalue weighted by Crippen LogP contribution is -2.23. The maximum absolute atomic E-state index is 11.8. The number of hydrogen-bond donors (Lipinski definition) is 1. The lowest BCUT2D eigenvalue weighted by Gasteiger charge is -2.07. The van der Waals surface area contributed by atoms with Crippen molar-refractivity contribution in [3.05, 3.63) is 51.8 Å². The quantitative estimate of drug-likeness (QED) is 0.846. The van der Waals surface area contributed by atoms with Gasteiger partial charge in [-0.25, -0.2) is 0 Å². The molecular formula is C19H28ClN3O. The number of carbonyl (C=O) groups is 1. The number of nitrogens with one attached hydrogen (secondary N) is 1. The zero-order valence-corrected chi connectivity index (χ0v) is 16.1. The first kappa shape index (κ1) is 20.2. The topological polar surface area (TPSA) is 46.9 Å². The van der Waals surface area contributed by atoms with Crippen molar-refractivity contribution in [2.24, 2.45) is 0 Å². The second kappa shape index (κ2) is 10.1. The van der Waals surface area contributed by atoms with Crippen LogP contribution in [-0.2, 0) is 6.54 Å². The number of carbonyl (C=O) groups excluding carboxylic acids is 1. The van der Waals surface area contributed by atoms with Gasteiger partial charge in [-0.15, -0.1) is 0 Å². The van der Waals surface area contributed by atoms with E-state index >= 15 is 0 Å². The van der Waals surface area contributed by atoms with E-state index in [9.17, 15) is 4.79 Å². The molecule has 1 heterocycles. The molecule has 2 aromatic rings. The van der Waals surface area contributed by atoms with Gasteiger partial charge in [0.1, 0.15) is 0 Å². The van der Waals surface area contributed by atoms with E-state index in [1.54, 1.807) is 0 Å². The summed E-state index contributed by atoms with van der Waals surface area (Å²) in [6.45, 7) is 11.5. The highest BCUT2D eigenvalue weighted by Crippen LogP contribution is 2.19. The Morgan fingerprint density at radius 2 is 1.75 bits per heavy atom. The molecule has 0 fully saturated rings. The number of halogens is 1. The molecule has 0 unspecified atom stereocenters. The predicted octanol–water partition coefficient (Wildman–Crippen LogP) is 4.76. The average Bonchev–Trinajstić information content (AvgIpc) is 2.81. The average molecular weight is 350 g/mol. The first-order chi connectivity index (χ1) is 11.4. The summed E-state index contributed by atoms with van der Waals surface area (Å²) in [5, 5.41) is 7.99. The third-order valence-corrected chi connectivity index (χ3v) is 3.92. The summed E-state index contributed by atoms with van der Waals surface area (Å²) in [6, 6.07) is 7.58. The van der Waals surface area contributed by atoms with Crippen LogP contribution in [0.5, 0.6) is 0 Å². The zero-order chi connectivity index (χ0) is 18.1. The summed E-state index contributed by atoms with van der Waals surface area (Å²) >= 11 is 6.14. The highest BCUT2D eigenvalue weighted by molar-refractivity contribution is 6.31. The molecule has 0 aliphatic carbocycles. The van der Waals surface area contributed by atoms with Crippen LogP contribution >= 0.6 is 11.6 Å². The van der Waals surface area contributed by atoms with Gasteiger partial charge >= 0.3 is 0 Å². The Bertz CT molecular complexity index is 647. The molecule has 0 radical (unpaired) electrons. The molecule has 0 atom stereocenters. The number of aryl methyl sites for hydroxylation is 1. The molecule has 1 aromatic carbocycles. The molecule has 4 nitrogen and oxygen atoms in total. The van der Waals surface area contributed by atoms with E-state index in [0.717, 1.165) is 23.4 Å². The van der Waals surface area contributed by atoms with Crippen LogP contribution < -0.4 is 5.32 Å². The van der Waals surface area contributed by atoms with Crippen LogP contribution in [0, 0.1) is 13.8 Å². The second-order valence-corrected chi connectivity index (χ2v) is 6.18. The van der Waals surface area contributed by atoms with Crippen LogP contribution in [0.4, 0.5) is 0 Å². The standard InChI is InChI=1S/C16H20ClN3O.C3H8/c1-4-9-18-16(21)14-7-5-13(6-8-14)10-20-12(3)15(17)11(2)19-20;1-3-2/h5-8H,4,9-10H2,1-3H3,(H,18,21);3H2,1-2H3. The van der Waals surface area contributed by atoms with Crippen LogP contribution in [-0.4, -0.2) is 22.2 Å². The molecule has 24 heavy (non-hydrogen) atoms. The van der Waals surface area contributed by atoms with Crippen LogP contribution in [0.15, 0.2) is 24.3 Å². The summed E-state index contributed by atoms with van der Waals surface area (Å²) < 4.78 is 1.88. The predicted molar refractivity (Wildman–Crippen MR) is 101 cm³/mol. The SMILES string of the molecule is CCC.CCCNC(=O)c1ccc(Cn2nc(C)c(Cl)c2C)cc1. The van der Waals surface area contributed by atoms with Crippen LogP contribution in [0.1, 0.15) is 60.9 Å². The molecule has 132 valence electrons. The molecule has 5 heteroatoms. The van der Waals surface area contributed by atoms with Crippen molar-refractivity contribution in [2.75, 3.05) is 6.54 Å². The van der Waals surface area contributed by atoms with Gasteiger partial charge in [-0.1, -0.05) is 50.9 Å². The molecule has 0 aliphatic rings. The smallest absolute Gasteiger partial charge is 0.251 e. The molecule has 2 rings (SSSR count). The van der Waals surface area contributed by atoms with Gasteiger partial charge in [-0.3, -0.25) is 9.48 Å². The van der Waals surface area contributed by atoms with Crippen molar-refractivity contribution >= 4 is 17.5 Å². The number of aromatic nitrogens is 2. The summed E-state index contributed by atoms with van der Waals surface area (Å²) in [5.41, 5.74) is 3.56. The largest absolute Gasteiger partial charge is 0.352 e. The lowest BCUT2D eigenvalue weighted by atomic mass is 10.1. The third-order valence-electron chi connectivity index (χ3n) is 3.38. The summed E-state index contributed by atoms with van der Waals surface area (Å²) in [5.74, 6) is -0.0300. The molecule has 1 aromatic heterocycles. The van der Waals surface area contributed by atoms with E-state index in [2.05, 4.69) is 24.3 Å². The monoisotopic (exact) mass is 349 g/mol. The fourth-order valence-corrected chi connectivity index (χ4v) is 2.24. The fourth-order valence-electron chi connectivity index (χ4n) is 2.10. The molecule has 0 saturated carbocycles. The summed E-state index contributed by atoms with van der Waals surface area (Å²) in [6.07, 6.45) is 2.18. The van der Waals surface area contributed by atoms with Gasteiger partial charge in [0.25, 0.3) is 5.91 Å². The highest BCUT2D eigenvalue weighted by atomic mass is 35.5. The maximum Gasteiger partial charge on any atom is 0.251 e. The fraction of sp³-hybridized carbons (Fsp3) is 0.474. The molecule has 0 saturated heterocycles. The maximum atomic E-state index is 11.8. The molecule has 1 amide bonds. The number of amides is 1. The van der Waals surface area contributed by atoms with E-state index in [0.29, 0.717) is 23.7 Å². The molecule has 0 spiro atoms. The van der Waals surface area contributed by atoms with E-state index in [4.69, 9.17) is 11.6 Å². The second-order valence-electron chi connectivity index (χ2n) is 5.80. The van der Waals surface area contributed by atoms with Gasteiger partial charge in [0.15, 0.2) is 0 Å². The van der Waals surface area contributed by atoms with Gasteiger partial charge in [0, 0.05) is 12.1 Å². The van der Waals surface area contributed by atoms with E-state index < -0.39 is 0 Å². The van der Waals surface area contributed by atoms with Crippen LogP contribution in [0.3, 0.4) is 0 Å². The molecular weight excluding hydrogens is 322 g/mol. The van der Waals surface area contributed by atoms with E-state index in [1.807, 2.05) is 49.7 Å². The minimum atomic E-state index is -0.0300. The third kappa shape index (κ3) is 5.68. The van der Waals surface area contributed by atoms with Crippen LogP contribution in [0.25, 0.3) is 0 Å². The number of nitrogens with zero attached hydrogens (tertiary/aromatic N) is 2. The molecule has 1 N–H and O–H groups in total. The summed E-state index contributed by atoms with van der Waals surface area (Å²) in [7, 11) is 0. The van der Waals surface area contributed by atoms with Gasteiger partial charge in [0.05, 0.1) is 23.0 Å². The van der Waals surface area contributed by atoms with Crippen molar-refractivity contribution in [3.63, 3.8) is 0 Å².